The molecule has 0 aliphatic carbocycles. The van der Waals surface area contributed by atoms with E-state index in [1.165, 1.54) is 5.56 Å². The Morgan fingerprint density at radius 2 is 2.00 bits per heavy atom. The van der Waals surface area contributed by atoms with Gasteiger partial charge in [-0.05, 0) is 24.5 Å². The van der Waals surface area contributed by atoms with Gasteiger partial charge in [0, 0.05) is 11.1 Å². The molecule has 0 unspecified atom stereocenters. The summed E-state index contributed by atoms with van der Waals surface area (Å²) in [6.45, 7) is 6.32. The number of aryl methyl sites for hydroxylation is 1. The van der Waals surface area contributed by atoms with Crippen LogP contribution in [0.3, 0.4) is 0 Å². The summed E-state index contributed by atoms with van der Waals surface area (Å²) in [6, 6.07) is 8.06. The standard InChI is InChI=1S/C13H14ClN/c1-8(2)12-7-11(14)10-6-4-5-9(3)13(10)15-12/h4-8H,1-3H3. The summed E-state index contributed by atoms with van der Waals surface area (Å²) in [5, 5.41) is 1.84. The van der Waals surface area contributed by atoms with Gasteiger partial charge in [-0.25, -0.2) is 0 Å². The molecule has 1 heterocycles. The quantitative estimate of drug-likeness (QED) is 0.696. The fourth-order valence-electron chi connectivity index (χ4n) is 1.66. The van der Waals surface area contributed by atoms with Gasteiger partial charge < -0.3 is 0 Å². The summed E-state index contributed by atoms with van der Waals surface area (Å²) in [6.07, 6.45) is 0. The minimum atomic E-state index is 0.409. The van der Waals surface area contributed by atoms with Crippen molar-refractivity contribution in [3.05, 3.63) is 40.5 Å². The summed E-state index contributed by atoms with van der Waals surface area (Å²) in [5.74, 6) is 0.409. The Kier molecular flexibility index (Phi) is 2.66. The van der Waals surface area contributed by atoms with Crippen molar-refractivity contribution in [2.45, 2.75) is 26.7 Å². The molecule has 0 N–H and O–H groups in total. The van der Waals surface area contributed by atoms with E-state index < -0.39 is 0 Å². The van der Waals surface area contributed by atoms with Crippen LogP contribution in [0.25, 0.3) is 10.9 Å². The van der Waals surface area contributed by atoms with Crippen LogP contribution in [0.4, 0.5) is 0 Å². The van der Waals surface area contributed by atoms with Crippen LogP contribution in [-0.2, 0) is 0 Å². The zero-order chi connectivity index (χ0) is 11.0. The Labute approximate surface area is 95.1 Å². The van der Waals surface area contributed by atoms with Crippen molar-refractivity contribution < 1.29 is 0 Å². The Balaban J connectivity index is 2.80. The van der Waals surface area contributed by atoms with E-state index in [2.05, 4.69) is 31.8 Å². The van der Waals surface area contributed by atoms with Crippen molar-refractivity contribution in [2.75, 3.05) is 0 Å². The molecule has 2 rings (SSSR count). The number of aromatic nitrogens is 1. The van der Waals surface area contributed by atoms with E-state index in [-0.39, 0.29) is 0 Å². The lowest BCUT2D eigenvalue weighted by Crippen LogP contribution is -1.94. The zero-order valence-corrected chi connectivity index (χ0v) is 9.97. The Bertz CT molecular complexity index is 503. The molecule has 1 aromatic carbocycles. The second-order valence-electron chi connectivity index (χ2n) is 4.15. The average molecular weight is 220 g/mol. The molecule has 0 radical (unpaired) electrons. The highest BCUT2D eigenvalue weighted by molar-refractivity contribution is 6.35. The van der Waals surface area contributed by atoms with Crippen molar-refractivity contribution in [1.82, 2.24) is 4.98 Å². The highest BCUT2D eigenvalue weighted by Crippen LogP contribution is 2.27. The molecular weight excluding hydrogens is 206 g/mol. The number of para-hydroxylation sites is 1. The maximum absolute atomic E-state index is 6.24. The molecule has 0 aliphatic heterocycles. The SMILES string of the molecule is Cc1cccc2c(Cl)cc(C(C)C)nc12. The summed E-state index contributed by atoms with van der Waals surface area (Å²) in [5.41, 5.74) is 3.26. The van der Waals surface area contributed by atoms with Crippen LogP contribution in [0, 0.1) is 6.92 Å². The topological polar surface area (TPSA) is 12.9 Å². The Morgan fingerprint density at radius 1 is 1.27 bits per heavy atom. The first-order valence-electron chi connectivity index (χ1n) is 5.15. The van der Waals surface area contributed by atoms with Gasteiger partial charge in [0.05, 0.1) is 10.5 Å². The second-order valence-corrected chi connectivity index (χ2v) is 4.56. The monoisotopic (exact) mass is 219 g/mol. The molecule has 0 atom stereocenters. The van der Waals surface area contributed by atoms with Crippen molar-refractivity contribution in [1.29, 1.82) is 0 Å². The average Bonchev–Trinajstić information content (AvgIpc) is 2.19. The number of halogens is 1. The van der Waals surface area contributed by atoms with Gasteiger partial charge in [-0.15, -0.1) is 0 Å². The van der Waals surface area contributed by atoms with Gasteiger partial charge >= 0.3 is 0 Å². The number of rotatable bonds is 1. The third kappa shape index (κ3) is 1.84. The molecule has 78 valence electrons. The van der Waals surface area contributed by atoms with Crippen molar-refractivity contribution >= 4 is 22.5 Å². The van der Waals surface area contributed by atoms with Crippen LogP contribution in [-0.4, -0.2) is 4.98 Å². The fourth-order valence-corrected chi connectivity index (χ4v) is 1.93. The first-order valence-corrected chi connectivity index (χ1v) is 5.53. The first-order chi connectivity index (χ1) is 7.09. The molecule has 15 heavy (non-hydrogen) atoms. The Hall–Kier alpha value is -1.08. The Morgan fingerprint density at radius 3 is 2.67 bits per heavy atom. The zero-order valence-electron chi connectivity index (χ0n) is 9.21. The molecule has 2 heteroatoms. The van der Waals surface area contributed by atoms with Gasteiger partial charge in [-0.1, -0.05) is 43.6 Å². The normalized spacial score (nSPS) is 11.3. The molecular formula is C13H14ClN. The molecule has 2 aromatic rings. The predicted molar refractivity (Wildman–Crippen MR) is 65.6 cm³/mol. The van der Waals surface area contributed by atoms with Crippen molar-refractivity contribution in [3.63, 3.8) is 0 Å². The van der Waals surface area contributed by atoms with Gasteiger partial charge in [0.15, 0.2) is 0 Å². The van der Waals surface area contributed by atoms with Gasteiger partial charge in [0.1, 0.15) is 0 Å². The van der Waals surface area contributed by atoms with Crippen LogP contribution in [0.2, 0.25) is 5.02 Å². The third-order valence-corrected chi connectivity index (χ3v) is 2.91. The van der Waals surface area contributed by atoms with Crippen LogP contribution in [0.15, 0.2) is 24.3 Å². The lowest BCUT2D eigenvalue weighted by Gasteiger charge is -2.09. The van der Waals surface area contributed by atoms with Crippen LogP contribution >= 0.6 is 11.6 Å². The molecule has 1 nitrogen and oxygen atoms in total. The highest BCUT2D eigenvalue weighted by atomic mass is 35.5. The second kappa shape index (κ2) is 3.82. The molecule has 0 amide bonds. The van der Waals surface area contributed by atoms with Crippen molar-refractivity contribution in [3.8, 4) is 0 Å². The summed E-state index contributed by atoms with van der Waals surface area (Å²) in [7, 11) is 0. The molecule has 1 aromatic heterocycles. The number of hydrogen-bond donors (Lipinski definition) is 0. The number of hydrogen-bond acceptors (Lipinski definition) is 1. The lowest BCUT2D eigenvalue weighted by molar-refractivity contribution is 0.829. The van der Waals surface area contributed by atoms with E-state index in [0.29, 0.717) is 5.92 Å². The third-order valence-electron chi connectivity index (χ3n) is 2.60. The lowest BCUT2D eigenvalue weighted by atomic mass is 10.1. The van der Waals surface area contributed by atoms with E-state index in [4.69, 9.17) is 11.6 Å². The molecule has 0 spiro atoms. The van der Waals surface area contributed by atoms with Crippen LogP contribution < -0.4 is 0 Å². The molecule has 0 fully saturated rings. The summed E-state index contributed by atoms with van der Waals surface area (Å²) >= 11 is 6.24. The number of fused-ring (bicyclic) bond motifs is 1. The molecule has 0 aliphatic rings. The van der Waals surface area contributed by atoms with E-state index >= 15 is 0 Å². The number of pyridine rings is 1. The van der Waals surface area contributed by atoms with E-state index in [1.807, 2.05) is 18.2 Å². The predicted octanol–water partition coefficient (Wildman–Crippen LogP) is 4.32. The minimum Gasteiger partial charge on any atom is -0.252 e. The summed E-state index contributed by atoms with van der Waals surface area (Å²) < 4.78 is 0. The molecule has 0 bridgehead atoms. The maximum Gasteiger partial charge on any atom is 0.0749 e. The highest BCUT2D eigenvalue weighted by Gasteiger charge is 2.08. The van der Waals surface area contributed by atoms with E-state index in [0.717, 1.165) is 21.6 Å². The van der Waals surface area contributed by atoms with Gasteiger partial charge in [0.2, 0.25) is 0 Å². The van der Waals surface area contributed by atoms with E-state index in [1.54, 1.807) is 0 Å². The van der Waals surface area contributed by atoms with Gasteiger partial charge in [-0.2, -0.15) is 0 Å². The number of benzene rings is 1. The van der Waals surface area contributed by atoms with E-state index in [9.17, 15) is 0 Å². The van der Waals surface area contributed by atoms with Gasteiger partial charge in [-0.3, -0.25) is 4.98 Å². The van der Waals surface area contributed by atoms with Crippen LogP contribution in [0.5, 0.6) is 0 Å². The smallest absolute Gasteiger partial charge is 0.0749 e. The first kappa shape index (κ1) is 10.4. The maximum atomic E-state index is 6.24. The largest absolute Gasteiger partial charge is 0.252 e. The fraction of sp³-hybridized carbons (Fsp3) is 0.308. The minimum absolute atomic E-state index is 0.409. The van der Waals surface area contributed by atoms with Crippen LogP contribution in [0.1, 0.15) is 31.0 Å². The number of nitrogens with zero attached hydrogens (tertiary/aromatic N) is 1. The molecule has 0 saturated carbocycles. The van der Waals surface area contributed by atoms with Gasteiger partial charge in [0.25, 0.3) is 0 Å². The summed E-state index contributed by atoms with van der Waals surface area (Å²) in [4.78, 5) is 4.65. The van der Waals surface area contributed by atoms with Crippen molar-refractivity contribution in [2.24, 2.45) is 0 Å². The molecule has 0 saturated heterocycles.